The fourth-order valence-electron chi connectivity index (χ4n) is 2.82. The first kappa shape index (κ1) is 16.7. The number of carbonyl (C=O) groups excluding carboxylic acids is 1. The van der Waals surface area contributed by atoms with Gasteiger partial charge in [-0.05, 0) is 51.0 Å². The van der Waals surface area contributed by atoms with Crippen molar-refractivity contribution in [1.29, 1.82) is 0 Å². The molecular weight excluding hydrogens is 306 g/mol. The Morgan fingerprint density at radius 3 is 3.05 bits per heavy atom. The number of piperidine rings is 1. The van der Waals surface area contributed by atoms with Crippen molar-refractivity contribution >= 4 is 28.8 Å². The van der Waals surface area contributed by atoms with Gasteiger partial charge >= 0.3 is 0 Å². The van der Waals surface area contributed by atoms with E-state index in [1.807, 2.05) is 26.2 Å². The summed E-state index contributed by atoms with van der Waals surface area (Å²) in [6, 6.07) is 3.87. The Morgan fingerprint density at radius 2 is 2.38 bits per heavy atom. The average Bonchev–Trinajstić information content (AvgIpc) is 2.85. The van der Waals surface area contributed by atoms with Crippen molar-refractivity contribution in [2.24, 2.45) is 5.92 Å². The third-order valence-corrected chi connectivity index (χ3v) is 5.12. The van der Waals surface area contributed by atoms with Crippen LogP contribution in [0.2, 0.25) is 4.34 Å². The molecular formula is C15H24ClN3OS. The van der Waals surface area contributed by atoms with Crippen LogP contribution in [0.25, 0.3) is 0 Å². The summed E-state index contributed by atoms with van der Waals surface area (Å²) in [6.45, 7) is 4.25. The second kappa shape index (κ2) is 8.13. The van der Waals surface area contributed by atoms with E-state index in [1.165, 1.54) is 24.2 Å². The molecule has 1 aliphatic rings. The van der Waals surface area contributed by atoms with Crippen molar-refractivity contribution in [2.75, 3.05) is 40.3 Å². The van der Waals surface area contributed by atoms with Crippen molar-refractivity contribution in [3.63, 3.8) is 0 Å². The lowest BCUT2D eigenvalue weighted by atomic mass is 9.98. The van der Waals surface area contributed by atoms with Gasteiger partial charge in [-0.3, -0.25) is 9.69 Å². The van der Waals surface area contributed by atoms with Crippen LogP contribution in [0.4, 0.5) is 0 Å². The number of halogens is 1. The van der Waals surface area contributed by atoms with Crippen molar-refractivity contribution in [3.8, 4) is 0 Å². The van der Waals surface area contributed by atoms with Crippen molar-refractivity contribution in [3.05, 3.63) is 21.3 Å². The normalized spacial score (nSPS) is 19.7. The number of nitrogens with one attached hydrogen (secondary N) is 1. The molecule has 1 N–H and O–H groups in total. The number of amides is 1. The monoisotopic (exact) mass is 329 g/mol. The smallest absolute Gasteiger partial charge is 0.236 e. The zero-order valence-corrected chi connectivity index (χ0v) is 14.3. The van der Waals surface area contributed by atoms with Gasteiger partial charge in [0.25, 0.3) is 0 Å². The van der Waals surface area contributed by atoms with Crippen LogP contribution in [0.5, 0.6) is 0 Å². The van der Waals surface area contributed by atoms with Crippen LogP contribution in [-0.2, 0) is 11.3 Å². The maximum absolute atomic E-state index is 12.3. The Kier molecular flexibility index (Phi) is 6.48. The topological polar surface area (TPSA) is 35.6 Å². The van der Waals surface area contributed by atoms with E-state index in [4.69, 9.17) is 11.6 Å². The molecule has 118 valence electrons. The van der Waals surface area contributed by atoms with Crippen LogP contribution in [0, 0.1) is 5.92 Å². The second-order valence-corrected chi connectivity index (χ2v) is 7.56. The zero-order valence-electron chi connectivity index (χ0n) is 12.8. The SMILES string of the molecule is CNCC1CCCN(CC(=O)N(C)Cc2ccc(Cl)s2)C1. The first-order valence-electron chi connectivity index (χ1n) is 7.43. The summed E-state index contributed by atoms with van der Waals surface area (Å²) in [5.74, 6) is 0.850. The van der Waals surface area contributed by atoms with E-state index in [2.05, 4.69) is 10.2 Å². The zero-order chi connectivity index (χ0) is 15.2. The molecule has 0 radical (unpaired) electrons. The fourth-order valence-corrected chi connectivity index (χ4v) is 3.96. The highest BCUT2D eigenvalue weighted by molar-refractivity contribution is 7.16. The van der Waals surface area contributed by atoms with E-state index >= 15 is 0 Å². The van der Waals surface area contributed by atoms with Gasteiger partial charge in [-0.15, -0.1) is 11.3 Å². The lowest BCUT2D eigenvalue weighted by Crippen LogP contribution is -2.44. The number of nitrogens with zero attached hydrogens (tertiary/aromatic N) is 2. The maximum atomic E-state index is 12.3. The molecule has 0 aromatic carbocycles. The van der Waals surface area contributed by atoms with E-state index in [9.17, 15) is 4.79 Å². The summed E-state index contributed by atoms with van der Waals surface area (Å²) < 4.78 is 0.775. The van der Waals surface area contributed by atoms with Crippen LogP contribution in [-0.4, -0.2) is 56.0 Å². The Balaban J connectivity index is 1.80. The largest absolute Gasteiger partial charge is 0.340 e. The molecule has 2 heterocycles. The van der Waals surface area contributed by atoms with Crippen LogP contribution < -0.4 is 5.32 Å². The minimum Gasteiger partial charge on any atom is -0.340 e. The van der Waals surface area contributed by atoms with E-state index < -0.39 is 0 Å². The Morgan fingerprint density at radius 1 is 1.57 bits per heavy atom. The van der Waals surface area contributed by atoms with Crippen LogP contribution in [0.3, 0.4) is 0 Å². The van der Waals surface area contributed by atoms with Gasteiger partial charge in [0.15, 0.2) is 0 Å². The van der Waals surface area contributed by atoms with Crippen molar-refractivity contribution < 1.29 is 4.79 Å². The predicted molar refractivity (Wildman–Crippen MR) is 88.9 cm³/mol. The minimum absolute atomic E-state index is 0.185. The summed E-state index contributed by atoms with van der Waals surface area (Å²) in [4.78, 5) is 17.5. The lowest BCUT2D eigenvalue weighted by Gasteiger charge is -2.33. The van der Waals surface area contributed by atoms with Gasteiger partial charge in [0.1, 0.15) is 0 Å². The van der Waals surface area contributed by atoms with E-state index in [0.717, 1.165) is 28.8 Å². The highest BCUT2D eigenvalue weighted by atomic mass is 35.5. The van der Waals surface area contributed by atoms with Gasteiger partial charge < -0.3 is 10.2 Å². The van der Waals surface area contributed by atoms with Crippen LogP contribution >= 0.6 is 22.9 Å². The summed E-state index contributed by atoms with van der Waals surface area (Å²) in [5.41, 5.74) is 0. The molecule has 0 saturated carbocycles. The average molecular weight is 330 g/mol. The number of carbonyl (C=O) groups is 1. The predicted octanol–water partition coefficient (Wildman–Crippen LogP) is 2.29. The highest BCUT2D eigenvalue weighted by Gasteiger charge is 2.22. The summed E-state index contributed by atoms with van der Waals surface area (Å²) in [7, 11) is 3.86. The molecule has 0 aliphatic carbocycles. The van der Waals surface area contributed by atoms with Gasteiger partial charge in [-0.2, -0.15) is 0 Å². The number of likely N-dealkylation sites (tertiary alicyclic amines) is 1. The van der Waals surface area contributed by atoms with Gasteiger partial charge in [-0.1, -0.05) is 11.6 Å². The Bertz CT molecular complexity index is 464. The molecule has 21 heavy (non-hydrogen) atoms. The molecule has 1 fully saturated rings. The molecule has 1 aromatic heterocycles. The summed E-state index contributed by atoms with van der Waals surface area (Å²) in [6.07, 6.45) is 2.44. The van der Waals surface area contributed by atoms with E-state index in [-0.39, 0.29) is 5.91 Å². The van der Waals surface area contributed by atoms with Gasteiger partial charge in [-0.25, -0.2) is 0 Å². The van der Waals surface area contributed by atoms with Gasteiger partial charge in [0.05, 0.1) is 17.4 Å². The Labute approximate surface area is 136 Å². The molecule has 1 saturated heterocycles. The van der Waals surface area contributed by atoms with Crippen molar-refractivity contribution in [1.82, 2.24) is 15.1 Å². The molecule has 4 nitrogen and oxygen atoms in total. The summed E-state index contributed by atoms with van der Waals surface area (Å²) >= 11 is 7.46. The number of rotatable bonds is 6. The van der Waals surface area contributed by atoms with Crippen LogP contribution in [0.15, 0.2) is 12.1 Å². The molecule has 1 unspecified atom stereocenters. The van der Waals surface area contributed by atoms with Gasteiger partial charge in [0.2, 0.25) is 5.91 Å². The fraction of sp³-hybridized carbons (Fsp3) is 0.667. The lowest BCUT2D eigenvalue weighted by molar-refractivity contribution is -0.132. The minimum atomic E-state index is 0.185. The Hall–Kier alpha value is -0.620. The standard InChI is InChI=1S/C15H24ClN3OS/c1-17-8-12-4-3-7-19(9-12)11-15(20)18(2)10-13-5-6-14(16)21-13/h5-6,12,17H,3-4,7-11H2,1-2H3. The first-order valence-corrected chi connectivity index (χ1v) is 8.63. The second-order valence-electron chi connectivity index (χ2n) is 5.76. The first-order chi connectivity index (χ1) is 10.1. The van der Waals surface area contributed by atoms with Gasteiger partial charge in [0, 0.05) is 18.5 Å². The molecule has 1 aliphatic heterocycles. The third kappa shape index (κ3) is 5.25. The number of hydrogen-bond donors (Lipinski definition) is 1. The van der Waals surface area contributed by atoms with E-state index in [1.54, 1.807) is 4.90 Å². The number of hydrogen-bond acceptors (Lipinski definition) is 4. The van der Waals surface area contributed by atoms with Crippen molar-refractivity contribution in [2.45, 2.75) is 19.4 Å². The molecule has 6 heteroatoms. The molecule has 1 aromatic rings. The van der Waals surface area contributed by atoms with E-state index in [0.29, 0.717) is 19.0 Å². The molecule has 0 spiro atoms. The molecule has 0 bridgehead atoms. The summed E-state index contributed by atoms with van der Waals surface area (Å²) in [5, 5.41) is 3.24. The highest BCUT2D eigenvalue weighted by Crippen LogP contribution is 2.22. The molecule has 1 atom stereocenters. The van der Waals surface area contributed by atoms with Crippen LogP contribution in [0.1, 0.15) is 17.7 Å². The number of likely N-dealkylation sites (N-methyl/N-ethyl adjacent to an activating group) is 1. The molecule has 2 rings (SSSR count). The molecule has 1 amide bonds. The maximum Gasteiger partial charge on any atom is 0.236 e. The number of thiophene rings is 1. The quantitative estimate of drug-likeness (QED) is 0.870. The third-order valence-electron chi connectivity index (χ3n) is 3.90.